The van der Waals surface area contributed by atoms with Crippen LogP contribution < -0.4 is 5.56 Å². The Morgan fingerprint density at radius 3 is 2.61 bits per heavy atom. The smallest absolute Gasteiger partial charge is 0.345 e. The molecule has 0 unspecified atom stereocenters. The van der Waals surface area contributed by atoms with Crippen LogP contribution in [0.3, 0.4) is 0 Å². The summed E-state index contributed by atoms with van der Waals surface area (Å²) in [6, 6.07) is 0. The molecule has 23 heavy (non-hydrogen) atoms. The first-order valence-electron chi connectivity index (χ1n) is 7.78. The molecule has 2 heterocycles. The summed E-state index contributed by atoms with van der Waals surface area (Å²) in [7, 11) is 0. The summed E-state index contributed by atoms with van der Waals surface area (Å²) < 4.78 is 2.22. The first kappa shape index (κ1) is 15.4. The lowest BCUT2D eigenvalue weighted by Crippen LogP contribution is -2.20. The van der Waals surface area contributed by atoms with Gasteiger partial charge < -0.3 is 19.8 Å². The number of aromatic hydroxyl groups is 1. The Kier molecular flexibility index (Phi) is 3.55. The summed E-state index contributed by atoms with van der Waals surface area (Å²) in [5.41, 5.74) is 4.02. The Morgan fingerprint density at radius 2 is 2.00 bits per heavy atom. The predicted molar refractivity (Wildman–Crippen MR) is 86.3 cm³/mol. The van der Waals surface area contributed by atoms with Gasteiger partial charge in [0.25, 0.3) is 5.56 Å². The number of nitrogens with one attached hydrogen (secondary N) is 1. The molecule has 0 bridgehead atoms. The topological polar surface area (TPSA) is 95.3 Å². The second-order valence-corrected chi connectivity index (χ2v) is 5.97. The van der Waals surface area contributed by atoms with E-state index in [2.05, 4.69) is 16.5 Å². The van der Waals surface area contributed by atoms with Crippen molar-refractivity contribution in [1.29, 1.82) is 0 Å². The summed E-state index contributed by atoms with van der Waals surface area (Å²) in [5.74, 6) is -1.81. The van der Waals surface area contributed by atoms with Crippen molar-refractivity contribution in [2.45, 2.75) is 46.6 Å². The van der Waals surface area contributed by atoms with Gasteiger partial charge in [0.15, 0.2) is 5.56 Å². The highest BCUT2D eigenvalue weighted by molar-refractivity contribution is 5.92. The third-order valence-electron chi connectivity index (χ3n) is 4.85. The Hall–Kier alpha value is -2.50. The molecule has 0 fully saturated rings. The van der Waals surface area contributed by atoms with Gasteiger partial charge in [0.2, 0.25) is 0 Å². The lowest BCUT2D eigenvalue weighted by molar-refractivity contribution is 0.0691. The quantitative estimate of drug-likeness (QED) is 0.792. The lowest BCUT2D eigenvalue weighted by atomic mass is 9.99. The van der Waals surface area contributed by atoms with Crippen LogP contribution in [0.5, 0.6) is 5.75 Å². The molecule has 1 aliphatic rings. The van der Waals surface area contributed by atoms with E-state index in [1.54, 1.807) is 0 Å². The first-order valence-corrected chi connectivity index (χ1v) is 7.78. The van der Waals surface area contributed by atoms with E-state index in [1.807, 2.05) is 13.8 Å². The summed E-state index contributed by atoms with van der Waals surface area (Å²) in [6.45, 7) is 6.94. The molecular formula is C17H20N2O4. The second-order valence-electron chi connectivity index (χ2n) is 5.97. The molecule has 0 saturated carbocycles. The molecule has 2 aromatic rings. The van der Waals surface area contributed by atoms with Crippen LogP contribution in [0.2, 0.25) is 0 Å². The van der Waals surface area contributed by atoms with E-state index in [-0.39, 0.29) is 0 Å². The van der Waals surface area contributed by atoms with Gasteiger partial charge in [0.05, 0.1) is 5.69 Å². The third kappa shape index (κ3) is 2.09. The normalized spacial score (nSPS) is 13.3. The monoisotopic (exact) mass is 316 g/mol. The summed E-state index contributed by atoms with van der Waals surface area (Å²) in [6.07, 6.45) is 2.16. The number of carboxylic acid groups (broad SMARTS) is 1. The maximum atomic E-state index is 12.1. The number of H-pyrrole nitrogens is 1. The van der Waals surface area contributed by atoms with Crippen molar-refractivity contribution in [2.75, 3.05) is 0 Å². The number of hydrogen-bond acceptors (Lipinski definition) is 3. The molecule has 6 nitrogen and oxygen atoms in total. The number of aromatic carboxylic acids is 1. The molecule has 1 aliphatic carbocycles. The Bertz CT molecular complexity index is 874. The highest BCUT2D eigenvalue weighted by Gasteiger charge is 2.28. The van der Waals surface area contributed by atoms with Gasteiger partial charge in [0, 0.05) is 29.1 Å². The molecule has 3 rings (SSSR count). The van der Waals surface area contributed by atoms with Gasteiger partial charge in [-0.3, -0.25) is 4.79 Å². The summed E-state index contributed by atoms with van der Waals surface area (Å²) in [5, 5.41) is 19.5. The number of nitrogens with zero attached hydrogens (tertiary/aromatic N) is 1. The lowest BCUT2D eigenvalue weighted by Gasteiger charge is -2.11. The Balaban J connectivity index is 2.41. The molecule has 0 aromatic carbocycles. The van der Waals surface area contributed by atoms with E-state index < -0.39 is 22.8 Å². The first-order chi connectivity index (χ1) is 10.9. The van der Waals surface area contributed by atoms with Gasteiger partial charge in [-0.2, -0.15) is 0 Å². The van der Waals surface area contributed by atoms with Crippen molar-refractivity contribution in [3.8, 4) is 17.0 Å². The van der Waals surface area contributed by atoms with E-state index in [9.17, 15) is 19.8 Å². The van der Waals surface area contributed by atoms with Crippen LogP contribution in [0, 0.1) is 13.8 Å². The number of carbonyl (C=O) groups is 1. The van der Waals surface area contributed by atoms with E-state index in [0.717, 1.165) is 41.9 Å². The van der Waals surface area contributed by atoms with Crippen molar-refractivity contribution in [3.05, 3.63) is 38.4 Å². The minimum atomic E-state index is -1.41. The molecule has 122 valence electrons. The van der Waals surface area contributed by atoms with E-state index in [0.29, 0.717) is 17.7 Å². The predicted octanol–water partition coefficient (Wildman–Crippen LogP) is 2.37. The van der Waals surface area contributed by atoms with Gasteiger partial charge in [-0.15, -0.1) is 0 Å². The minimum Gasteiger partial charge on any atom is -0.506 e. The molecule has 3 N–H and O–H groups in total. The summed E-state index contributed by atoms with van der Waals surface area (Å²) >= 11 is 0. The maximum absolute atomic E-state index is 12.1. The highest BCUT2D eigenvalue weighted by Crippen LogP contribution is 2.39. The van der Waals surface area contributed by atoms with Gasteiger partial charge in [0.1, 0.15) is 5.75 Å². The van der Waals surface area contributed by atoms with Crippen LogP contribution in [-0.4, -0.2) is 25.7 Å². The molecule has 0 spiro atoms. The molecular weight excluding hydrogens is 296 g/mol. The number of pyridine rings is 1. The zero-order valence-electron chi connectivity index (χ0n) is 13.5. The van der Waals surface area contributed by atoms with Gasteiger partial charge in [-0.05, 0) is 45.6 Å². The fourth-order valence-electron chi connectivity index (χ4n) is 3.67. The maximum Gasteiger partial charge on any atom is 0.345 e. The summed E-state index contributed by atoms with van der Waals surface area (Å²) in [4.78, 5) is 26.1. The van der Waals surface area contributed by atoms with Gasteiger partial charge >= 0.3 is 5.97 Å². The fraction of sp³-hybridized carbons (Fsp3) is 0.412. The number of carboxylic acids is 1. The van der Waals surface area contributed by atoms with E-state index in [4.69, 9.17) is 0 Å². The number of hydrogen-bond donors (Lipinski definition) is 3. The van der Waals surface area contributed by atoms with E-state index in [1.165, 1.54) is 0 Å². The minimum absolute atomic E-state index is 0.398. The Labute approximate surface area is 133 Å². The van der Waals surface area contributed by atoms with Gasteiger partial charge in [-0.1, -0.05) is 0 Å². The molecule has 0 saturated heterocycles. The van der Waals surface area contributed by atoms with Crippen molar-refractivity contribution in [3.63, 3.8) is 0 Å². The van der Waals surface area contributed by atoms with E-state index >= 15 is 0 Å². The highest BCUT2D eigenvalue weighted by atomic mass is 16.4. The van der Waals surface area contributed by atoms with Crippen molar-refractivity contribution in [1.82, 2.24) is 9.55 Å². The van der Waals surface area contributed by atoms with Crippen molar-refractivity contribution >= 4 is 5.97 Å². The zero-order chi connectivity index (χ0) is 16.9. The van der Waals surface area contributed by atoms with Crippen LogP contribution in [0.25, 0.3) is 11.3 Å². The molecule has 0 amide bonds. The number of aromatic amines is 1. The average Bonchev–Trinajstić information content (AvgIpc) is 2.61. The Morgan fingerprint density at radius 1 is 1.30 bits per heavy atom. The molecule has 2 aromatic heterocycles. The second kappa shape index (κ2) is 5.30. The molecule has 6 heteroatoms. The molecule has 0 radical (unpaired) electrons. The number of rotatable bonds is 2. The third-order valence-corrected chi connectivity index (χ3v) is 4.85. The standard InChI is InChI=1S/C17H20N2O4/c1-4-19-9(3)8(2)12-11(19)7-5-6-10-14(12)18-16(21)13(15(10)20)17(22)23/h4-7H2,1-3H3,(H,22,23)(H2,18,20,21). The van der Waals surface area contributed by atoms with Crippen molar-refractivity contribution < 1.29 is 15.0 Å². The van der Waals surface area contributed by atoms with Gasteiger partial charge in [-0.25, -0.2) is 4.79 Å². The zero-order valence-corrected chi connectivity index (χ0v) is 13.5. The van der Waals surface area contributed by atoms with Crippen LogP contribution >= 0.6 is 0 Å². The SMILES string of the molecule is CCn1c(C)c(C)c2c1CCCc1c-2[nH]c(=O)c(C(=O)O)c1O. The van der Waals surface area contributed by atoms with Crippen LogP contribution in [0.15, 0.2) is 4.79 Å². The molecule has 0 aliphatic heterocycles. The average molecular weight is 316 g/mol. The number of fused-ring (bicyclic) bond motifs is 3. The largest absolute Gasteiger partial charge is 0.506 e. The number of aromatic nitrogens is 2. The van der Waals surface area contributed by atoms with Crippen LogP contribution in [0.1, 0.15) is 46.2 Å². The van der Waals surface area contributed by atoms with Crippen LogP contribution in [-0.2, 0) is 19.4 Å². The van der Waals surface area contributed by atoms with Crippen LogP contribution in [0.4, 0.5) is 0 Å². The fourth-order valence-corrected chi connectivity index (χ4v) is 3.67. The van der Waals surface area contributed by atoms with Crippen molar-refractivity contribution in [2.24, 2.45) is 0 Å². The molecule has 0 atom stereocenters.